The summed E-state index contributed by atoms with van der Waals surface area (Å²) in [6, 6.07) is 7.52. The van der Waals surface area contributed by atoms with Crippen molar-refractivity contribution >= 4 is 17.4 Å². The zero-order valence-corrected chi connectivity index (χ0v) is 27.4. The number of nitrogens with one attached hydrogen (secondary N) is 1. The molecule has 1 amide bonds. The van der Waals surface area contributed by atoms with Crippen LogP contribution in [-0.4, -0.2) is 17.0 Å². The number of hydrogen-bond acceptors (Lipinski definition) is 2. The van der Waals surface area contributed by atoms with Gasteiger partial charge >= 0.3 is 5.97 Å². The van der Waals surface area contributed by atoms with E-state index in [1.54, 1.807) is 18.3 Å². The summed E-state index contributed by atoms with van der Waals surface area (Å²) in [7, 11) is 0. The molecule has 0 radical (unpaired) electrons. The van der Waals surface area contributed by atoms with E-state index in [0.29, 0.717) is 35.2 Å². The molecule has 0 bridgehead atoms. The Labute approximate surface area is 259 Å². The number of aromatic carboxylic acids is 1. The normalized spacial score (nSPS) is 42.7. The summed E-state index contributed by atoms with van der Waals surface area (Å²) >= 11 is 0. The number of carbonyl (C=O) groups excluding carboxylic acids is 1. The van der Waals surface area contributed by atoms with E-state index in [9.17, 15) is 14.7 Å². The maximum Gasteiger partial charge on any atom is 0.335 e. The summed E-state index contributed by atoms with van der Waals surface area (Å²) in [6.45, 7) is 23.2. The van der Waals surface area contributed by atoms with Crippen molar-refractivity contribution in [2.75, 3.05) is 0 Å². The third-order valence-corrected chi connectivity index (χ3v) is 14.8. The van der Waals surface area contributed by atoms with Gasteiger partial charge in [-0.25, -0.2) is 4.79 Å². The van der Waals surface area contributed by atoms with Crippen molar-refractivity contribution in [3.8, 4) is 0 Å². The monoisotopic (exact) mass is 583 g/mol. The van der Waals surface area contributed by atoms with Gasteiger partial charge in [0.2, 0.25) is 5.91 Å². The van der Waals surface area contributed by atoms with Crippen molar-refractivity contribution in [2.45, 2.75) is 99.3 Å². The molecule has 6 rings (SSSR count). The fourth-order valence-corrected chi connectivity index (χ4v) is 12.7. The van der Waals surface area contributed by atoms with Crippen LogP contribution in [0.4, 0.5) is 0 Å². The molecule has 4 saturated carbocycles. The first-order valence-electron chi connectivity index (χ1n) is 16.8. The summed E-state index contributed by atoms with van der Waals surface area (Å²) in [6.07, 6.45) is 14.2. The lowest BCUT2D eigenvalue weighted by Crippen LogP contribution is -2.66. The minimum atomic E-state index is -0.875. The number of hydrogen-bond donors (Lipinski definition) is 2. The summed E-state index contributed by atoms with van der Waals surface area (Å²) in [5.41, 5.74) is 4.44. The Hall–Kier alpha value is -2.62. The van der Waals surface area contributed by atoms with Crippen molar-refractivity contribution in [1.82, 2.24) is 5.32 Å². The van der Waals surface area contributed by atoms with Crippen molar-refractivity contribution < 1.29 is 14.7 Å². The first-order valence-corrected chi connectivity index (χ1v) is 16.8. The highest BCUT2D eigenvalue weighted by Crippen LogP contribution is 2.77. The first-order chi connectivity index (χ1) is 20.2. The zero-order valence-electron chi connectivity index (χ0n) is 27.4. The average Bonchev–Trinajstić information content (AvgIpc) is 3.35. The van der Waals surface area contributed by atoms with E-state index in [2.05, 4.69) is 66.1 Å². The standard InChI is InChI=1S/C39H53NO3/c1-9-40-34(43)39-21-16-27(24(2)3)32(39)29-14-15-31-36(6)19-17-28(25-10-12-26(13-11-25)33(41)42)35(4,5)30(36)18-20-38(31,8)37(29,7)22-23-39/h9-13,17,27,29-32H,1-2,14-16,18-23H2,3-8H3,(H,40,43)(H,41,42)/t27-,29+,30-,31+,32+,36-,37+,38+,39-/m0/s1. The molecule has 0 unspecified atom stereocenters. The van der Waals surface area contributed by atoms with Gasteiger partial charge in [-0.2, -0.15) is 0 Å². The van der Waals surface area contributed by atoms with E-state index in [1.165, 1.54) is 36.8 Å². The molecule has 5 aliphatic carbocycles. The summed E-state index contributed by atoms with van der Waals surface area (Å²) in [5.74, 6) is 1.81. The second kappa shape index (κ2) is 9.94. The number of benzene rings is 1. The van der Waals surface area contributed by atoms with Gasteiger partial charge in [-0.1, -0.05) is 71.6 Å². The van der Waals surface area contributed by atoms with Gasteiger partial charge < -0.3 is 10.4 Å². The van der Waals surface area contributed by atoms with Crippen LogP contribution in [-0.2, 0) is 4.79 Å². The Morgan fingerprint density at radius 3 is 2.23 bits per heavy atom. The van der Waals surface area contributed by atoms with Crippen molar-refractivity contribution in [3.63, 3.8) is 0 Å². The Kier molecular flexibility index (Phi) is 7.03. The molecule has 0 spiro atoms. The molecule has 232 valence electrons. The van der Waals surface area contributed by atoms with Gasteiger partial charge in [-0.05, 0) is 145 Å². The summed E-state index contributed by atoms with van der Waals surface area (Å²) in [4.78, 5) is 25.3. The van der Waals surface area contributed by atoms with E-state index in [-0.39, 0.29) is 33.0 Å². The Bertz CT molecular complexity index is 1390. The van der Waals surface area contributed by atoms with Crippen LogP contribution in [0.3, 0.4) is 0 Å². The molecule has 9 atom stereocenters. The maximum absolute atomic E-state index is 13.8. The van der Waals surface area contributed by atoms with Crippen LogP contribution in [0.25, 0.3) is 5.57 Å². The van der Waals surface area contributed by atoms with E-state index < -0.39 is 5.97 Å². The van der Waals surface area contributed by atoms with E-state index in [1.807, 2.05) is 12.1 Å². The fourth-order valence-electron chi connectivity index (χ4n) is 12.7. The van der Waals surface area contributed by atoms with Gasteiger partial charge in [0.15, 0.2) is 0 Å². The number of allylic oxidation sites excluding steroid dienone is 3. The molecule has 4 fully saturated rings. The number of carboxylic acids is 1. The minimum absolute atomic E-state index is 0.00216. The molecule has 0 aliphatic heterocycles. The number of carboxylic acid groups (broad SMARTS) is 1. The highest BCUT2D eigenvalue weighted by atomic mass is 16.4. The third kappa shape index (κ3) is 3.99. The Morgan fingerprint density at radius 2 is 1.60 bits per heavy atom. The lowest BCUT2D eigenvalue weighted by atomic mass is 9.32. The van der Waals surface area contributed by atoms with Crippen LogP contribution < -0.4 is 5.32 Å². The predicted molar refractivity (Wildman–Crippen MR) is 174 cm³/mol. The van der Waals surface area contributed by atoms with Crippen molar-refractivity contribution in [3.05, 3.63) is 66.4 Å². The van der Waals surface area contributed by atoms with Gasteiger partial charge in [0.25, 0.3) is 0 Å². The summed E-state index contributed by atoms with van der Waals surface area (Å²) in [5, 5.41) is 12.5. The number of fused-ring (bicyclic) bond motifs is 7. The molecule has 1 aromatic carbocycles. The molecule has 4 heteroatoms. The van der Waals surface area contributed by atoms with Crippen molar-refractivity contribution in [2.24, 2.45) is 56.7 Å². The van der Waals surface area contributed by atoms with E-state index >= 15 is 0 Å². The molecule has 5 aliphatic rings. The van der Waals surface area contributed by atoms with Gasteiger partial charge in [0.05, 0.1) is 11.0 Å². The predicted octanol–water partition coefficient (Wildman–Crippen LogP) is 9.30. The minimum Gasteiger partial charge on any atom is -0.478 e. The SMILES string of the molecule is C=CNC(=O)[C@]12CC[C@@H](C(=C)C)[C@@H]1[C@H]1CC[C@@H]3[C@@]4(C)CC=C(c5ccc(C(=O)O)cc5)C(C)(C)[C@@H]4CC[C@@]3(C)[C@]1(C)CC2. The number of rotatable bonds is 5. The van der Waals surface area contributed by atoms with Crippen LogP contribution in [0.1, 0.15) is 115 Å². The molecule has 43 heavy (non-hydrogen) atoms. The molecular formula is C39H53NO3. The molecule has 0 saturated heterocycles. The maximum atomic E-state index is 13.8. The first kappa shape index (κ1) is 30.4. The van der Waals surface area contributed by atoms with E-state index in [4.69, 9.17) is 0 Å². The third-order valence-electron chi connectivity index (χ3n) is 14.8. The molecule has 2 N–H and O–H groups in total. The van der Waals surface area contributed by atoms with Gasteiger partial charge in [-0.15, -0.1) is 0 Å². The van der Waals surface area contributed by atoms with Crippen LogP contribution >= 0.6 is 0 Å². The number of amides is 1. The van der Waals surface area contributed by atoms with Crippen LogP contribution in [0.15, 0.2) is 55.3 Å². The Balaban J connectivity index is 1.37. The second-order valence-electron chi connectivity index (χ2n) is 16.4. The molecular weight excluding hydrogens is 530 g/mol. The topological polar surface area (TPSA) is 66.4 Å². The molecule has 0 aromatic heterocycles. The van der Waals surface area contributed by atoms with Crippen LogP contribution in [0, 0.1) is 56.7 Å². The highest BCUT2D eigenvalue weighted by molar-refractivity contribution is 5.88. The smallest absolute Gasteiger partial charge is 0.335 e. The lowest BCUT2D eigenvalue weighted by Gasteiger charge is -2.72. The average molecular weight is 584 g/mol. The second-order valence-corrected chi connectivity index (χ2v) is 16.4. The van der Waals surface area contributed by atoms with Gasteiger partial charge in [0.1, 0.15) is 0 Å². The molecule has 1 aromatic rings. The fraction of sp³-hybridized carbons (Fsp3) is 0.641. The highest BCUT2D eigenvalue weighted by Gasteiger charge is 2.71. The largest absolute Gasteiger partial charge is 0.478 e. The van der Waals surface area contributed by atoms with Gasteiger partial charge in [-0.3, -0.25) is 4.79 Å². The lowest BCUT2D eigenvalue weighted by molar-refractivity contribution is -0.224. The van der Waals surface area contributed by atoms with E-state index in [0.717, 1.165) is 37.7 Å². The van der Waals surface area contributed by atoms with Crippen LogP contribution in [0.5, 0.6) is 0 Å². The Morgan fingerprint density at radius 1 is 0.907 bits per heavy atom. The van der Waals surface area contributed by atoms with Crippen molar-refractivity contribution in [1.29, 1.82) is 0 Å². The van der Waals surface area contributed by atoms with Crippen LogP contribution in [0.2, 0.25) is 0 Å². The number of carbonyl (C=O) groups is 2. The zero-order chi connectivity index (χ0) is 31.2. The molecule has 0 heterocycles. The molecule has 4 nitrogen and oxygen atoms in total. The summed E-state index contributed by atoms with van der Waals surface area (Å²) < 4.78 is 0. The quantitative estimate of drug-likeness (QED) is 0.340. The van der Waals surface area contributed by atoms with Gasteiger partial charge in [0, 0.05) is 0 Å².